The van der Waals surface area contributed by atoms with Gasteiger partial charge in [-0.05, 0) is 25.1 Å². The molecule has 0 aliphatic rings. The summed E-state index contributed by atoms with van der Waals surface area (Å²) in [5, 5.41) is 0. The number of aromatic amines is 1. The summed E-state index contributed by atoms with van der Waals surface area (Å²) in [6.07, 6.45) is 1.74. The minimum absolute atomic E-state index is 0.621. The number of imidazole rings is 1. The van der Waals surface area contributed by atoms with Crippen LogP contribution in [0.1, 0.15) is 18.4 Å². The second-order valence-electron chi connectivity index (χ2n) is 3.91. The lowest BCUT2D eigenvalue weighted by atomic mass is 10.1. The molecule has 3 nitrogen and oxygen atoms in total. The Morgan fingerprint density at radius 3 is 2.59 bits per heavy atom. The van der Waals surface area contributed by atoms with Gasteiger partial charge in [0.1, 0.15) is 5.82 Å². The highest BCUT2D eigenvalue weighted by Gasteiger charge is 2.10. The van der Waals surface area contributed by atoms with Gasteiger partial charge in [0, 0.05) is 22.2 Å². The number of H-pyrrole nitrogens is 1. The van der Waals surface area contributed by atoms with Crippen molar-refractivity contribution < 1.29 is 0 Å². The van der Waals surface area contributed by atoms with Crippen LogP contribution in [-0.4, -0.2) is 16.5 Å². The zero-order chi connectivity index (χ0) is 12.3. The Bertz CT molecular complexity index is 488. The zero-order valence-electron chi connectivity index (χ0n) is 9.83. The van der Waals surface area contributed by atoms with Crippen LogP contribution >= 0.6 is 15.9 Å². The molecule has 0 aliphatic carbocycles. The van der Waals surface area contributed by atoms with Crippen molar-refractivity contribution in [2.24, 2.45) is 5.73 Å². The number of hydrogen-bond acceptors (Lipinski definition) is 2. The summed E-state index contributed by atoms with van der Waals surface area (Å²) in [7, 11) is 0. The largest absolute Gasteiger partial charge is 0.345 e. The molecule has 0 saturated heterocycles. The summed E-state index contributed by atoms with van der Waals surface area (Å²) < 4.78 is 1.08. The van der Waals surface area contributed by atoms with Crippen LogP contribution in [0.25, 0.3) is 11.3 Å². The molecule has 0 fully saturated rings. The predicted molar refractivity (Wildman–Crippen MR) is 73.9 cm³/mol. The van der Waals surface area contributed by atoms with Crippen LogP contribution < -0.4 is 5.73 Å². The van der Waals surface area contributed by atoms with Crippen molar-refractivity contribution in [1.82, 2.24) is 9.97 Å². The molecule has 0 atom stereocenters. The Morgan fingerprint density at radius 2 is 2.00 bits per heavy atom. The van der Waals surface area contributed by atoms with Gasteiger partial charge in [0.2, 0.25) is 0 Å². The van der Waals surface area contributed by atoms with E-state index in [1.165, 1.54) is 5.69 Å². The monoisotopic (exact) mass is 293 g/mol. The van der Waals surface area contributed by atoms with E-state index in [9.17, 15) is 0 Å². The van der Waals surface area contributed by atoms with E-state index in [1.807, 2.05) is 12.1 Å². The Balaban J connectivity index is 2.39. The number of aromatic nitrogens is 2. The van der Waals surface area contributed by atoms with E-state index in [-0.39, 0.29) is 0 Å². The van der Waals surface area contributed by atoms with Crippen LogP contribution in [0.15, 0.2) is 28.7 Å². The van der Waals surface area contributed by atoms with Gasteiger partial charge < -0.3 is 10.7 Å². The summed E-state index contributed by atoms with van der Waals surface area (Å²) in [5.74, 6) is 0.974. The maximum Gasteiger partial charge on any atom is 0.108 e. The first-order chi connectivity index (χ1) is 8.24. The topological polar surface area (TPSA) is 54.7 Å². The molecule has 0 unspecified atom stereocenters. The van der Waals surface area contributed by atoms with Gasteiger partial charge in [0.05, 0.1) is 5.69 Å². The van der Waals surface area contributed by atoms with Crippen LogP contribution in [0.4, 0.5) is 0 Å². The third-order valence-corrected chi connectivity index (χ3v) is 3.21. The smallest absolute Gasteiger partial charge is 0.108 e. The quantitative estimate of drug-likeness (QED) is 0.911. The fourth-order valence-corrected chi connectivity index (χ4v) is 2.09. The second kappa shape index (κ2) is 5.47. The van der Waals surface area contributed by atoms with Gasteiger partial charge in [-0.15, -0.1) is 0 Å². The Morgan fingerprint density at radius 1 is 1.29 bits per heavy atom. The molecule has 4 heteroatoms. The summed E-state index contributed by atoms with van der Waals surface area (Å²) in [5.41, 5.74) is 8.92. The molecule has 1 aromatic carbocycles. The molecule has 90 valence electrons. The lowest BCUT2D eigenvalue weighted by molar-refractivity contribution is 0.885. The fraction of sp³-hybridized carbons (Fsp3) is 0.308. The van der Waals surface area contributed by atoms with Gasteiger partial charge in [0.25, 0.3) is 0 Å². The molecule has 3 N–H and O–H groups in total. The van der Waals surface area contributed by atoms with Crippen molar-refractivity contribution >= 4 is 15.9 Å². The number of nitrogens with zero attached hydrogens (tertiary/aromatic N) is 1. The van der Waals surface area contributed by atoms with E-state index in [4.69, 9.17) is 5.73 Å². The summed E-state index contributed by atoms with van der Waals surface area (Å²) in [6.45, 7) is 2.75. The van der Waals surface area contributed by atoms with Crippen LogP contribution in [0.5, 0.6) is 0 Å². The molecule has 17 heavy (non-hydrogen) atoms. The van der Waals surface area contributed by atoms with Gasteiger partial charge >= 0.3 is 0 Å². The van der Waals surface area contributed by atoms with Crippen LogP contribution in [-0.2, 0) is 12.8 Å². The normalized spacial score (nSPS) is 10.8. The maximum atomic E-state index is 5.55. The van der Waals surface area contributed by atoms with Gasteiger partial charge in [-0.2, -0.15) is 0 Å². The predicted octanol–water partition coefficient (Wildman–Crippen LogP) is 2.90. The number of nitrogens with one attached hydrogen (secondary N) is 1. The Labute approximate surface area is 110 Å². The number of halogens is 1. The number of rotatable bonds is 4. The first-order valence-electron chi connectivity index (χ1n) is 5.78. The molecule has 2 rings (SSSR count). The van der Waals surface area contributed by atoms with Gasteiger partial charge in [0.15, 0.2) is 0 Å². The first-order valence-corrected chi connectivity index (χ1v) is 6.57. The highest BCUT2D eigenvalue weighted by Crippen LogP contribution is 2.24. The average Bonchev–Trinajstić information content (AvgIpc) is 2.74. The highest BCUT2D eigenvalue weighted by atomic mass is 79.9. The van der Waals surface area contributed by atoms with Crippen molar-refractivity contribution in [1.29, 1.82) is 0 Å². The zero-order valence-corrected chi connectivity index (χ0v) is 11.4. The molecular weight excluding hydrogens is 278 g/mol. The third-order valence-electron chi connectivity index (χ3n) is 2.68. The molecule has 2 aromatic rings. The number of nitrogens with two attached hydrogens (primary N) is 1. The van der Waals surface area contributed by atoms with E-state index >= 15 is 0 Å². The minimum atomic E-state index is 0.621. The van der Waals surface area contributed by atoms with Crippen LogP contribution in [0.2, 0.25) is 0 Å². The van der Waals surface area contributed by atoms with E-state index < -0.39 is 0 Å². The van der Waals surface area contributed by atoms with Crippen molar-refractivity contribution in [2.75, 3.05) is 6.54 Å². The highest BCUT2D eigenvalue weighted by molar-refractivity contribution is 9.10. The molecule has 0 amide bonds. The molecule has 1 aromatic heterocycles. The summed E-state index contributed by atoms with van der Waals surface area (Å²) in [4.78, 5) is 7.96. The van der Waals surface area contributed by atoms with Crippen molar-refractivity contribution in [2.45, 2.75) is 19.8 Å². The minimum Gasteiger partial charge on any atom is -0.345 e. The van der Waals surface area contributed by atoms with Crippen molar-refractivity contribution in [3.05, 3.63) is 40.3 Å². The van der Waals surface area contributed by atoms with Crippen LogP contribution in [0.3, 0.4) is 0 Å². The SMILES string of the molecule is CCc1[nH]c(CCN)nc1-c1ccc(Br)cc1. The van der Waals surface area contributed by atoms with E-state index in [1.54, 1.807) is 0 Å². The lowest BCUT2D eigenvalue weighted by Gasteiger charge is -2.00. The van der Waals surface area contributed by atoms with E-state index in [2.05, 4.69) is 45.0 Å². The van der Waals surface area contributed by atoms with E-state index in [0.29, 0.717) is 6.54 Å². The van der Waals surface area contributed by atoms with Crippen molar-refractivity contribution in [3.8, 4) is 11.3 Å². The van der Waals surface area contributed by atoms with Gasteiger partial charge in [-0.3, -0.25) is 0 Å². The molecule has 0 spiro atoms. The Hall–Kier alpha value is -1.13. The van der Waals surface area contributed by atoms with Crippen LogP contribution in [0, 0.1) is 0 Å². The van der Waals surface area contributed by atoms with Gasteiger partial charge in [-0.25, -0.2) is 4.98 Å². The Kier molecular flexibility index (Phi) is 3.97. The third kappa shape index (κ3) is 2.76. The summed E-state index contributed by atoms with van der Waals surface area (Å²) >= 11 is 3.44. The van der Waals surface area contributed by atoms with E-state index in [0.717, 1.165) is 34.4 Å². The second-order valence-corrected chi connectivity index (χ2v) is 4.83. The number of aryl methyl sites for hydroxylation is 1. The van der Waals surface area contributed by atoms with Gasteiger partial charge in [-0.1, -0.05) is 35.0 Å². The molecule has 0 aliphatic heterocycles. The number of benzene rings is 1. The standard InChI is InChI=1S/C13H16BrN3/c1-2-11-13(17-12(16-11)7-8-15)9-3-5-10(14)6-4-9/h3-6H,2,7-8,15H2,1H3,(H,16,17). The lowest BCUT2D eigenvalue weighted by Crippen LogP contribution is -2.03. The molecular formula is C13H16BrN3. The number of hydrogen-bond donors (Lipinski definition) is 2. The average molecular weight is 294 g/mol. The summed E-state index contributed by atoms with van der Waals surface area (Å²) in [6, 6.07) is 8.22. The molecule has 0 saturated carbocycles. The molecule has 0 radical (unpaired) electrons. The maximum absolute atomic E-state index is 5.55. The first kappa shape index (κ1) is 12.3. The molecule has 0 bridgehead atoms. The fourth-order valence-electron chi connectivity index (χ4n) is 1.82. The molecule has 1 heterocycles. The van der Waals surface area contributed by atoms with Crippen molar-refractivity contribution in [3.63, 3.8) is 0 Å².